The van der Waals surface area contributed by atoms with Crippen LogP contribution < -0.4 is 0 Å². The minimum atomic E-state index is -1.65. The largest absolute Gasteiger partial charge is 0.414 e. The summed E-state index contributed by atoms with van der Waals surface area (Å²) in [6.45, 7) is 11.7. The molecule has 0 atom stereocenters. The number of fused-ring (bicyclic) bond motifs is 1. The summed E-state index contributed by atoms with van der Waals surface area (Å²) in [6.07, 6.45) is 10.8. The van der Waals surface area contributed by atoms with Crippen LogP contribution in [0.5, 0.6) is 0 Å². The summed E-state index contributed by atoms with van der Waals surface area (Å²) in [6, 6.07) is 2.66. The summed E-state index contributed by atoms with van der Waals surface area (Å²) in [4.78, 5) is 8.56. The molecule has 0 N–H and O–H groups in total. The molecule has 23 heavy (non-hydrogen) atoms. The van der Waals surface area contributed by atoms with Gasteiger partial charge in [0.15, 0.2) is 8.32 Å². The summed E-state index contributed by atoms with van der Waals surface area (Å²) in [5.74, 6) is 0. The van der Waals surface area contributed by atoms with Crippen LogP contribution in [0.15, 0.2) is 24.8 Å². The summed E-state index contributed by atoms with van der Waals surface area (Å²) < 4.78 is 8.93. The topological polar surface area (TPSA) is 39.9 Å². The van der Waals surface area contributed by atoms with E-state index in [-0.39, 0.29) is 5.04 Å². The lowest BCUT2D eigenvalue weighted by Gasteiger charge is -2.41. The normalized spacial score (nSPS) is 23.3. The van der Waals surface area contributed by atoms with Crippen LogP contribution in [-0.2, 0) is 4.43 Å². The Bertz CT molecular complexity index is 666. The van der Waals surface area contributed by atoms with E-state index in [1.165, 1.54) is 12.8 Å². The van der Waals surface area contributed by atoms with Gasteiger partial charge in [-0.25, -0.2) is 9.97 Å². The van der Waals surface area contributed by atoms with E-state index >= 15 is 0 Å². The zero-order chi connectivity index (χ0) is 16.7. The lowest BCUT2D eigenvalue weighted by atomic mass is 9.93. The van der Waals surface area contributed by atoms with Crippen LogP contribution >= 0.6 is 0 Å². The first kappa shape index (κ1) is 16.6. The van der Waals surface area contributed by atoms with Gasteiger partial charge in [0, 0.05) is 29.9 Å². The highest BCUT2D eigenvalue weighted by molar-refractivity contribution is 6.74. The standard InChI is InChI=1S/C18H29N3OSi/c1-18(2,3)23(4,5)22-16-8-6-15(7-9-16)21-11-10-14-12-19-13-20-17(14)21/h10-13,15-16H,6-9H2,1-5H3/t15-,16+. The molecule has 1 fully saturated rings. The predicted molar refractivity (Wildman–Crippen MR) is 97.1 cm³/mol. The van der Waals surface area contributed by atoms with Crippen LogP contribution in [0, 0.1) is 0 Å². The van der Waals surface area contributed by atoms with E-state index in [9.17, 15) is 0 Å². The summed E-state index contributed by atoms with van der Waals surface area (Å²) in [5.41, 5.74) is 1.06. The molecule has 3 rings (SSSR count). The van der Waals surface area contributed by atoms with E-state index in [4.69, 9.17) is 4.43 Å². The minimum Gasteiger partial charge on any atom is -0.414 e. The van der Waals surface area contributed by atoms with Crippen molar-refractivity contribution in [3.05, 3.63) is 24.8 Å². The molecule has 0 unspecified atom stereocenters. The Morgan fingerprint density at radius 1 is 1.17 bits per heavy atom. The smallest absolute Gasteiger partial charge is 0.192 e. The first-order valence-corrected chi connectivity index (χ1v) is 11.6. The highest BCUT2D eigenvalue weighted by atomic mass is 28.4. The van der Waals surface area contributed by atoms with Gasteiger partial charge >= 0.3 is 0 Å². The van der Waals surface area contributed by atoms with Crippen molar-refractivity contribution in [3.63, 3.8) is 0 Å². The van der Waals surface area contributed by atoms with Crippen LogP contribution in [0.1, 0.15) is 52.5 Å². The molecule has 4 nitrogen and oxygen atoms in total. The fourth-order valence-electron chi connectivity index (χ4n) is 3.23. The summed E-state index contributed by atoms with van der Waals surface area (Å²) in [7, 11) is -1.65. The van der Waals surface area contributed by atoms with E-state index in [1.807, 2.05) is 6.20 Å². The van der Waals surface area contributed by atoms with Crippen molar-refractivity contribution in [1.82, 2.24) is 14.5 Å². The SMILES string of the molecule is CC(C)(C)[Si](C)(C)O[C@H]1CC[C@@H](n2ccc3cncnc32)CC1. The van der Waals surface area contributed by atoms with Crippen molar-refractivity contribution >= 4 is 19.4 Å². The van der Waals surface area contributed by atoms with Gasteiger partial charge in [0.2, 0.25) is 0 Å². The molecule has 126 valence electrons. The van der Waals surface area contributed by atoms with Gasteiger partial charge in [-0.15, -0.1) is 0 Å². The van der Waals surface area contributed by atoms with Gasteiger partial charge in [-0.2, -0.15) is 0 Å². The average molecular weight is 332 g/mol. The zero-order valence-corrected chi connectivity index (χ0v) is 16.0. The van der Waals surface area contributed by atoms with Crippen molar-refractivity contribution in [2.75, 3.05) is 0 Å². The molecule has 0 aromatic carbocycles. The van der Waals surface area contributed by atoms with Crippen LogP contribution in [0.3, 0.4) is 0 Å². The van der Waals surface area contributed by atoms with Crippen molar-refractivity contribution in [3.8, 4) is 0 Å². The molecule has 0 amide bonds. The van der Waals surface area contributed by atoms with Gasteiger partial charge in [0.1, 0.15) is 12.0 Å². The molecule has 0 aliphatic heterocycles. The molecule has 5 heteroatoms. The van der Waals surface area contributed by atoms with Crippen LogP contribution in [0.25, 0.3) is 11.0 Å². The third kappa shape index (κ3) is 3.36. The van der Waals surface area contributed by atoms with Crippen molar-refractivity contribution in [2.45, 2.75) is 76.7 Å². The highest BCUT2D eigenvalue weighted by Gasteiger charge is 2.39. The molecule has 1 aliphatic rings. The molecule has 1 saturated carbocycles. The van der Waals surface area contributed by atoms with E-state index in [2.05, 4.69) is 60.7 Å². The number of aromatic nitrogens is 3. The molecule has 1 aliphatic carbocycles. The lowest BCUT2D eigenvalue weighted by molar-refractivity contribution is 0.119. The van der Waals surface area contributed by atoms with Gasteiger partial charge < -0.3 is 8.99 Å². The first-order valence-electron chi connectivity index (χ1n) is 8.72. The van der Waals surface area contributed by atoms with E-state index in [0.29, 0.717) is 12.1 Å². The maximum Gasteiger partial charge on any atom is 0.192 e. The van der Waals surface area contributed by atoms with Gasteiger partial charge in [-0.05, 0) is 49.9 Å². The third-order valence-corrected chi connectivity index (χ3v) is 10.2. The molecule has 0 saturated heterocycles. The quantitative estimate of drug-likeness (QED) is 0.748. The third-order valence-electron chi connectivity index (χ3n) is 5.68. The Morgan fingerprint density at radius 3 is 2.52 bits per heavy atom. The predicted octanol–water partition coefficient (Wildman–Crippen LogP) is 4.94. The second-order valence-corrected chi connectivity index (χ2v) is 13.1. The number of hydrogen-bond donors (Lipinski definition) is 0. The van der Waals surface area contributed by atoms with Gasteiger partial charge in [-0.3, -0.25) is 0 Å². The van der Waals surface area contributed by atoms with Crippen molar-refractivity contribution in [2.24, 2.45) is 0 Å². The van der Waals surface area contributed by atoms with E-state index in [1.54, 1.807) is 6.33 Å². The van der Waals surface area contributed by atoms with Gasteiger partial charge in [0.25, 0.3) is 0 Å². The van der Waals surface area contributed by atoms with Crippen LogP contribution in [-0.4, -0.2) is 29.0 Å². The second kappa shape index (κ2) is 6.02. The number of rotatable bonds is 3. The lowest BCUT2D eigenvalue weighted by Crippen LogP contribution is -2.44. The Kier molecular flexibility index (Phi) is 4.36. The first-order chi connectivity index (χ1) is 10.8. The molecule has 2 aromatic rings. The molecule has 0 radical (unpaired) electrons. The van der Waals surface area contributed by atoms with Gasteiger partial charge in [-0.1, -0.05) is 20.8 Å². The zero-order valence-electron chi connectivity index (χ0n) is 15.0. The molecule has 2 heterocycles. The second-order valence-electron chi connectivity index (χ2n) is 8.33. The molecular weight excluding hydrogens is 302 g/mol. The highest BCUT2D eigenvalue weighted by Crippen LogP contribution is 2.40. The molecule has 0 spiro atoms. The molecule has 0 bridgehead atoms. The number of nitrogens with zero attached hydrogens (tertiary/aromatic N) is 3. The fourth-order valence-corrected chi connectivity index (χ4v) is 4.65. The van der Waals surface area contributed by atoms with Crippen molar-refractivity contribution in [1.29, 1.82) is 0 Å². The Balaban J connectivity index is 1.65. The minimum absolute atomic E-state index is 0.289. The van der Waals surface area contributed by atoms with Gasteiger partial charge in [0.05, 0.1) is 0 Å². The monoisotopic (exact) mass is 331 g/mol. The summed E-state index contributed by atoms with van der Waals surface area (Å²) in [5, 5.41) is 1.42. The number of hydrogen-bond acceptors (Lipinski definition) is 3. The summed E-state index contributed by atoms with van der Waals surface area (Å²) >= 11 is 0. The average Bonchev–Trinajstić information content (AvgIpc) is 2.90. The van der Waals surface area contributed by atoms with Crippen LogP contribution in [0.2, 0.25) is 18.1 Å². The van der Waals surface area contributed by atoms with Crippen LogP contribution in [0.4, 0.5) is 0 Å². The Labute approximate surface area is 140 Å². The van der Waals surface area contributed by atoms with E-state index in [0.717, 1.165) is 23.9 Å². The molecule has 2 aromatic heterocycles. The molecular formula is C18H29N3OSi. The van der Waals surface area contributed by atoms with E-state index < -0.39 is 8.32 Å². The Morgan fingerprint density at radius 2 is 1.87 bits per heavy atom. The maximum absolute atomic E-state index is 6.60. The van der Waals surface area contributed by atoms with Crippen molar-refractivity contribution < 1.29 is 4.43 Å². The fraction of sp³-hybridized carbons (Fsp3) is 0.667. The maximum atomic E-state index is 6.60. The Hall–Kier alpha value is -1.20.